The number of rotatable bonds is 6. The van der Waals surface area contributed by atoms with E-state index < -0.39 is 11.7 Å². The minimum atomic E-state index is -0.432. The molecular weight excluding hydrogens is 495 g/mol. The highest BCUT2D eigenvalue weighted by atomic mass is 79.9. The van der Waals surface area contributed by atoms with E-state index in [1.165, 1.54) is 16.8 Å². The molecule has 0 radical (unpaired) electrons. The van der Waals surface area contributed by atoms with Crippen molar-refractivity contribution >= 4 is 50.7 Å². The summed E-state index contributed by atoms with van der Waals surface area (Å²) in [6.07, 6.45) is 1.24. The number of amides is 1. The lowest BCUT2D eigenvalue weighted by Gasteiger charge is -2.13. The van der Waals surface area contributed by atoms with Crippen LogP contribution in [0.25, 0.3) is 16.6 Å². The molecule has 1 heterocycles. The van der Waals surface area contributed by atoms with E-state index in [0.29, 0.717) is 21.7 Å². The second-order valence-corrected chi connectivity index (χ2v) is 8.49. The molecule has 6 nitrogen and oxygen atoms in total. The Morgan fingerprint density at radius 3 is 2.59 bits per heavy atom. The quantitative estimate of drug-likeness (QED) is 0.179. The van der Waals surface area contributed by atoms with Crippen LogP contribution in [0.5, 0.6) is 0 Å². The normalized spacial score (nSPS) is 11.2. The van der Waals surface area contributed by atoms with Gasteiger partial charge in [-0.2, -0.15) is 5.10 Å². The number of fused-ring (bicyclic) bond motifs is 1. The van der Waals surface area contributed by atoms with Gasteiger partial charge in [-0.05, 0) is 42.5 Å². The van der Waals surface area contributed by atoms with E-state index in [0.717, 1.165) is 16.2 Å². The van der Waals surface area contributed by atoms with Crippen molar-refractivity contribution in [3.8, 4) is 5.69 Å². The van der Waals surface area contributed by atoms with Crippen LogP contribution in [0, 0.1) is 5.82 Å². The number of carbonyl (C=O) groups is 1. The van der Waals surface area contributed by atoms with Gasteiger partial charge in [-0.3, -0.25) is 14.2 Å². The number of benzene rings is 3. The van der Waals surface area contributed by atoms with Gasteiger partial charge >= 0.3 is 0 Å². The average molecular weight is 511 g/mol. The van der Waals surface area contributed by atoms with Crippen molar-refractivity contribution in [1.29, 1.82) is 0 Å². The van der Waals surface area contributed by atoms with E-state index >= 15 is 0 Å². The maximum absolute atomic E-state index is 13.6. The highest BCUT2D eigenvalue weighted by Gasteiger charge is 2.14. The van der Waals surface area contributed by atoms with Crippen LogP contribution in [-0.2, 0) is 4.79 Å². The summed E-state index contributed by atoms with van der Waals surface area (Å²) in [6, 6.07) is 20.4. The highest BCUT2D eigenvalue weighted by Crippen LogP contribution is 2.22. The van der Waals surface area contributed by atoms with Crippen molar-refractivity contribution in [2.24, 2.45) is 5.10 Å². The fraction of sp³-hybridized carbons (Fsp3) is 0.0435. The number of para-hydroxylation sites is 1. The molecule has 0 atom stereocenters. The Morgan fingerprint density at radius 1 is 1.09 bits per heavy atom. The molecule has 32 heavy (non-hydrogen) atoms. The van der Waals surface area contributed by atoms with Crippen LogP contribution in [-0.4, -0.2) is 27.4 Å². The van der Waals surface area contributed by atoms with Crippen molar-refractivity contribution in [2.75, 3.05) is 5.75 Å². The first-order valence-corrected chi connectivity index (χ1v) is 11.3. The van der Waals surface area contributed by atoms with Crippen LogP contribution in [0.3, 0.4) is 0 Å². The van der Waals surface area contributed by atoms with Gasteiger partial charge in [0.15, 0.2) is 5.16 Å². The molecule has 0 aliphatic rings. The van der Waals surface area contributed by atoms with Crippen LogP contribution in [0.1, 0.15) is 5.56 Å². The minimum Gasteiger partial charge on any atom is -0.272 e. The number of hydrogen-bond acceptors (Lipinski definition) is 5. The lowest BCUT2D eigenvalue weighted by molar-refractivity contribution is -0.118. The predicted molar refractivity (Wildman–Crippen MR) is 128 cm³/mol. The molecule has 0 saturated heterocycles. The molecule has 4 aromatic rings. The summed E-state index contributed by atoms with van der Waals surface area (Å²) < 4.78 is 16.0. The topological polar surface area (TPSA) is 76.3 Å². The van der Waals surface area contributed by atoms with E-state index in [1.54, 1.807) is 54.6 Å². The van der Waals surface area contributed by atoms with E-state index in [4.69, 9.17) is 0 Å². The van der Waals surface area contributed by atoms with Crippen LogP contribution in [0.2, 0.25) is 0 Å². The SMILES string of the molecule is O=C(CSc1nc2ccccc2c(=O)n1-c1ccc(Br)cc1)N/N=C\c1ccccc1F. The lowest BCUT2D eigenvalue weighted by atomic mass is 10.2. The summed E-state index contributed by atoms with van der Waals surface area (Å²) in [5.41, 5.74) is 3.59. The van der Waals surface area contributed by atoms with E-state index in [9.17, 15) is 14.0 Å². The molecule has 1 amide bonds. The third-order valence-electron chi connectivity index (χ3n) is 4.46. The van der Waals surface area contributed by atoms with Gasteiger partial charge in [-0.15, -0.1) is 0 Å². The minimum absolute atomic E-state index is 0.0318. The first kappa shape index (κ1) is 21.9. The van der Waals surface area contributed by atoms with Gasteiger partial charge in [0, 0.05) is 10.0 Å². The number of halogens is 2. The number of nitrogens with one attached hydrogen (secondary N) is 1. The van der Waals surface area contributed by atoms with Gasteiger partial charge < -0.3 is 0 Å². The summed E-state index contributed by atoms with van der Waals surface area (Å²) in [7, 11) is 0. The number of hydrazone groups is 1. The molecular formula is C23H16BrFN4O2S. The first-order chi connectivity index (χ1) is 15.5. The second-order valence-electron chi connectivity index (χ2n) is 6.63. The summed E-state index contributed by atoms with van der Waals surface area (Å²) in [5.74, 6) is -0.873. The van der Waals surface area contributed by atoms with Gasteiger partial charge in [0.05, 0.1) is 28.6 Å². The van der Waals surface area contributed by atoms with E-state index in [1.807, 2.05) is 12.1 Å². The smallest absolute Gasteiger partial charge is 0.266 e. The maximum Gasteiger partial charge on any atom is 0.266 e. The van der Waals surface area contributed by atoms with Crippen LogP contribution >= 0.6 is 27.7 Å². The standard InChI is InChI=1S/C23H16BrFN4O2S/c24-16-9-11-17(12-10-16)29-22(31)18-6-2-4-8-20(18)27-23(29)32-14-21(30)28-26-13-15-5-1-3-7-19(15)25/h1-13H,14H2,(H,28,30)/b26-13-. The Balaban J connectivity index is 1.57. The fourth-order valence-corrected chi connectivity index (χ4v) is 4.01. The Bertz CT molecular complexity index is 1370. The lowest BCUT2D eigenvalue weighted by Crippen LogP contribution is -2.24. The largest absolute Gasteiger partial charge is 0.272 e. The number of nitrogens with zero attached hydrogens (tertiary/aromatic N) is 3. The molecule has 3 aromatic carbocycles. The summed E-state index contributed by atoms with van der Waals surface area (Å²) in [5, 5.41) is 4.66. The van der Waals surface area contributed by atoms with Crippen molar-refractivity contribution in [2.45, 2.75) is 5.16 Å². The molecule has 0 spiro atoms. The summed E-state index contributed by atoms with van der Waals surface area (Å²) >= 11 is 4.50. The molecule has 0 aliphatic carbocycles. The molecule has 0 saturated carbocycles. The van der Waals surface area contributed by atoms with Crippen LogP contribution in [0.15, 0.2) is 92.3 Å². The van der Waals surface area contributed by atoms with E-state index in [2.05, 4.69) is 31.4 Å². The maximum atomic E-state index is 13.6. The van der Waals surface area contributed by atoms with Crippen molar-refractivity contribution in [3.05, 3.63) is 99.0 Å². The molecule has 0 fully saturated rings. The monoisotopic (exact) mass is 510 g/mol. The van der Waals surface area contributed by atoms with Gasteiger partial charge in [0.25, 0.3) is 11.5 Å². The molecule has 4 rings (SSSR count). The van der Waals surface area contributed by atoms with Gasteiger partial charge in [0.2, 0.25) is 0 Å². The Morgan fingerprint density at radius 2 is 1.81 bits per heavy atom. The molecule has 9 heteroatoms. The summed E-state index contributed by atoms with van der Waals surface area (Å²) in [6.45, 7) is 0. The van der Waals surface area contributed by atoms with Crippen LogP contribution < -0.4 is 11.0 Å². The molecule has 1 N–H and O–H groups in total. The Labute approximate surface area is 195 Å². The Kier molecular flexibility index (Phi) is 6.77. The van der Waals surface area contributed by atoms with Gasteiger partial charge in [-0.25, -0.2) is 14.8 Å². The second kappa shape index (κ2) is 9.88. The zero-order valence-electron chi connectivity index (χ0n) is 16.5. The molecule has 1 aromatic heterocycles. The summed E-state index contributed by atoms with van der Waals surface area (Å²) in [4.78, 5) is 30.0. The van der Waals surface area contributed by atoms with Gasteiger partial charge in [-0.1, -0.05) is 58.0 Å². The van der Waals surface area contributed by atoms with Crippen molar-refractivity contribution < 1.29 is 9.18 Å². The zero-order valence-corrected chi connectivity index (χ0v) is 18.9. The number of thioether (sulfide) groups is 1. The van der Waals surface area contributed by atoms with Crippen molar-refractivity contribution in [3.63, 3.8) is 0 Å². The average Bonchev–Trinajstić information content (AvgIpc) is 2.80. The molecule has 0 bridgehead atoms. The van der Waals surface area contributed by atoms with Crippen LogP contribution in [0.4, 0.5) is 4.39 Å². The highest BCUT2D eigenvalue weighted by molar-refractivity contribution is 9.10. The van der Waals surface area contributed by atoms with Gasteiger partial charge in [0.1, 0.15) is 5.82 Å². The predicted octanol–water partition coefficient (Wildman–Crippen LogP) is 4.53. The zero-order chi connectivity index (χ0) is 22.5. The number of aromatic nitrogens is 2. The molecule has 0 aliphatic heterocycles. The number of carbonyl (C=O) groups excluding carboxylic acids is 1. The first-order valence-electron chi connectivity index (χ1n) is 9.50. The fourth-order valence-electron chi connectivity index (χ4n) is 2.94. The third kappa shape index (κ3) is 4.95. The van der Waals surface area contributed by atoms with Crippen molar-refractivity contribution in [1.82, 2.24) is 15.0 Å². The molecule has 0 unspecified atom stereocenters. The third-order valence-corrected chi connectivity index (χ3v) is 5.93. The Hall–Kier alpha value is -3.30. The number of hydrogen-bond donors (Lipinski definition) is 1. The molecule has 160 valence electrons. The van der Waals surface area contributed by atoms with E-state index in [-0.39, 0.29) is 16.9 Å².